The van der Waals surface area contributed by atoms with Crippen LogP contribution in [0.15, 0.2) is 48.5 Å². The van der Waals surface area contributed by atoms with Crippen molar-refractivity contribution in [2.24, 2.45) is 5.92 Å². The molecule has 0 aromatic heterocycles. The molecule has 2 aromatic carbocycles. The number of hydrogen-bond donors (Lipinski definition) is 1. The van der Waals surface area contributed by atoms with E-state index in [1.54, 1.807) is 12.0 Å². The average molecular weight is 413 g/mol. The van der Waals surface area contributed by atoms with Gasteiger partial charge in [-0.1, -0.05) is 31.2 Å². The first-order valence-electron chi connectivity index (χ1n) is 10.4. The van der Waals surface area contributed by atoms with Gasteiger partial charge in [-0.3, -0.25) is 9.59 Å². The number of rotatable bonds is 7. The average Bonchev–Trinajstić information content (AvgIpc) is 2.79. The van der Waals surface area contributed by atoms with E-state index in [9.17, 15) is 14.0 Å². The smallest absolute Gasteiger partial charge is 0.253 e. The lowest BCUT2D eigenvalue weighted by Gasteiger charge is -2.37. The van der Waals surface area contributed by atoms with Crippen molar-refractivity contribution in [2.45, 2.75) is 25.7 Å². The van der Waals surface area contributed by atoms with Crippen LogP contribution in [0.4, 0.5) is 4.39 Å². The summed E-state index contributed by atoms with van der Waals surface area (Å²) in [6.07, 6.45) is 1.64. The summed E-state index contributed by atoms with van der Waals surface area (Å²) in [6.45, 7) is 3.87. The number of hydrogen-bond acceptors (Lipinski definition) is 3. The molecule has 2 amide bonds. The first-order valence-corrected chi connectivity index (χ1v) is 10.4. The highest BCUT2D eigenvalue weighted by atomic mass is 19.1. The second-order valence-electron chi connectivity index (χ2n) is 7.73. The fourth-order valence-corrected chi connectivity index (χ4v) is 3.92. The first kappa shape index (κ1) is 22.0. The van der Waals surface area contributed by atoms with Gasteiger partial charge in [0.1, 0.15) is 5.82 Å². The van der Waals surface area contributed by atoms with E-state index in [2.05, 4.69) is 36.5 Å². The summed E-state index contributed by atoms with van der Waals surface area (Å²) in [6, 6.07) is 13.9. The largest absolute Gasteiger partial charge is 0.383 e. The monoisotopic (exact) mass is 412 g/mol. The molecular formula is C24H29FN2O3. The van der Waals surface area contributed by atoms with Gasteiger partial charge in [-0.25, -0.2) is 4.39 Å². The molecule has 3 rings (SSSR count). The molecule has 0 bridgehead atoms. The van der Waals surface area contributed by atoms with Crippen LogP contribution in [-0.4, -0.2) is 50.1 Å². The molecule has 1 N–H and O–H groups in total. The number of carbonyl (C=O) groups excluding carboxylic acids is 2. The van der Waals surface area contributed by atoms with Crippen molar-refractivity contribution >= 4 is 11.8 Å². The number of piperidine rings is 1. The van der Waals surface area contributed by atoms with E-state index in [0.717, 1.165) is 12.0 Å². The minimum Gasteiger partial charge on any atom is -0.383 e. The predicted molar refractivity (Wildman–Crippen MR) is 114 cm³/mol. The molecule has 0 saturated carbocycles. The van der Waals surface area contributed by atoms with Crippen LogP contribution >= 0.6 is 0 Å². The number of nitrogens with zero attached hydrogens (tertiary/aromatic N) is 1. The van der Waals surface area contributed by atoms with Crippen LogP contribution in [0.3, 0.4) is 0 Å². The molecule has 0 unspecified atom stereocenters. The van der Waals surface area contributed by atoms with Gasteiger partial charge in [0.25, 0.3) is 5.91 Å². The molecule has 1 aliphatic rings. The maximum absolute atomic E-state index is 13.3. The van der Waals surface area contributed by atoms with Crippen LogP contribution in [0.1, 0.15) is 40.7 Å². The van der Waals surface area contributed by atoms with Crippen LogP contribution in [0, 0.1) is 11.7 Å². The molecule has 160 valence electrons. The Kier molecular flexibility index (Phi) is 7.57. The van der Waals surface area contributed by atoms with E-state index in [1.165, 1.54) is 29.8 Å². The number of carbonyl (C=O) groups is 2. The molecule has 1 aliphatic heterocycles. The molecule has 0 aliphatic carbocycles. The maximum Gasteiger partial charge on any atom is 0.253 e. The summed E-state index contributed by atoms with van der Waals surface area (Å²) >= 11 is 0. The van der Waals surface area contributed by atoms with Crippen molar-refractivity contribution in [3.8, 4) is 0 Å². The Hall–Kier alpha value is -2.73. The molecular weight excluding hydrogens is 383 g/mol. The molecule has 1 saturated heterocycles. The molecule has 5 nitrogen and oxygen atoms in total. The van der Waals surface area contributed by atoms with Crippen molar-refractivity contribution in [3.05, 3.63) is 71.0 Å². The Bertz CT molecular complexity index is 852. The van der Waals surface area contributed by atoms with E-state index in [-0.39, 0.29) is 29.5 Å². The molecule has 1 heterocycles. The molecule has 6 heteroatoms. The zero-order valence-corrected chi connectivity index (χ0v) is 17.6. The Balaban J connectivity index is 1.81. The summed E-state index contributed by atoms with van der Waals surface area (Å²) in [5.74, 6) is -0.879. The number of likely N-dealkylation sites (tertiary alicyclic amines) is 1. The van der Waals surface area contributed by atoms with Gasteiger partial charge in [0.2, 0.25) is 5.91 Å². The fraction of sp³-hybridized carbons (Fsp3) is 0.417. The zero-order chi connectivity index (χ0) is 21.5. The number of amides is 2. The van der Waals surface area contributed by atoms with Crippen molar-refractivity contribution < 1.29 is 18.7 Å². The molecule has 0 spiro atoms. The normalized spacial score (nSPS) is 18.8. The number of methoxy groups -OCH3 is 1. The van der Waals surface area contributed by atoms with Crippen molar-refractivity contribution in [2.75, 3.05) is 33.4 Å². The Morgan fingerprint density at radius 1 is 1.10 bits per heavy atom. The second kappa shape index (κ2) is 10.3. The third-order valence-electron chi connectivity index (χ3n) is 5.66. The molecule has 2 aromatic rings. The lowest BCUT2D eigenvalue weighted by molar-refractivity contribution is -0.126. The topological polar surface area (TPSA) is 58.6 Å². The van der Waals surface area contributed by atoms with E-state index in [1.807, 2.05) is 0 Å². The Morgan fingerprint density at radius 3 is 2.43 bits per heavy atom. The standard InChI is InChI=1S/C24H29FN2O3/c1-3-17-4-6-18(7-5-17)20-14-21(23(28)26-12-13-30-2)16-27(15-20)24(29)19-8-10-22(25)11-9-19/h4-11,20-21H,3,12-16H2,1-2H3,(H,26,28)/t20-,21-/m1/s1. The summed E-state index contributed by atoms with van der Waals surface area (Å²) in [7, 11) is 1.59. The van der Waals surface area contributed by atoms with Gasteiger partial charge in [0, 0.05) is 38.2 Å². The van der Waals surface area contributed by atoms with Crippen molar-refractivity contribution in [3.63, 3.8) is 0 Å². The number of nitrogens with one attached hydrogen (secondary N) is 1. The SMILES string of the molecule is CCc1ccc([C@@H]2C[C@@H](C(=O)NCCOC)CN(C(=O)c3ccc(F)cc3)C2)cc1. The molecule has 0 radical (unpaired) electrons. The molecule has 2 atom stereocenters. The number of halogens is 1. The van der Waals surface area contributed by atoms with Gasteiger partial charge in [-0.15, -0.1) is 0 Å². The number of ether oxygens (including phenoxy) is 1. The van der Waals surface area contributed by atoms with Crippen LogP contribution in [0.5, 0.6) is 0 Å². The van der Waals surface area contributed by atoms with Gasteiger partial charge in [0.15, 0.2) is 0 Å². The summed E-state index contributed by atoms with van der Waals surface area (Å²) in [5, 5.41) is 2.90. The molecule has 1 fully saturated rings. The van der Waals surface area contributed by atoms with E-state index < -0.39 is 0 Å². The second-order valence-corrected chi connectivity index (χ2v) is 7.73. The lowest BCUT2D eigenvalue weighted by atomic mass is 9.83. The zero-order valence-electron chi connectivity index (χ0n) is 17.6. The number of benzene rings is 2. The van der Waals surface area contributed by atoms with Gasteiger partial charge in [-0.2, -0.15) is 0 Å². The van der Waals surface area contributed by atoms with Gasteiger partial charge < -0.3 is 15.0 Å². The summed E-state index contributed by atoms with van der Waals surface area (Å²) in [4.78, 5) is 27.5. The third kappa shape index (κ3) is 5.45. The minimum absolute atomic E-state index is 0.0622. The highest BCUT2D eigenvalue weighted by molar-refractivity contribution is 5.94. The minimum atomic E-state index is -0.380. The van der Waals surface area contributed by atoms with Gasteiger partial charge in [0.05, 0.1) is 12.5 Å². The Labute approximate surface area is 177 Å². The van der Waals surface area contributed by atoms with Crippen LogP contribution in [-0.2, 0) is 16.0 Å². The van der Waals surface area contributed by atoms with Crippen LogP contribution in [0.2, 0.25) is 0 Å². The highest BCUT2D eigenvalue weighted by Crippen LogP contribution is 2.31. The summed E-state index contributed by atoms with van der Waals surface area (Å²) in [5.41, 5.74) is 2.80. The maximum atomic E-state index is 13.3. The quantitative estimate of drug-likeness (QED) is 0.709. The fourth-order valence-electron chi connectivity index (χ4n) is 3.92. The molecule has 30 heavy (non-hydrogen) atoms. The third-order valence-corrected chi connectivity index (χ3v) is 5.66. The van der Waals surface area contributed by atoms with Crippen molar-refractivity contribution in [1.29, 1.82) is 0 Å². The van der Waals surface area contributed by atoms with Crippen LogP contribution < -0.4 is 5.32 Å². The van der Waals surface area contributed by atoms with Gasteiger partial charge >= 0.3 is 0 Å². The Morgan fingerprint density at radius 2 is 1.80 bits per heavy atom. The van der Waals surface area contributed by atoms with Gasteiger partial charge in [-0.05, 0) is 48.2 Å². The van der Waals surface area contributed by atoms with E-state index in [4.69, 9.17) is 4.74 Å². The first-order chi connectivity index (χ1) is 14.5. The number of aryl methyl sites for hydroxylation is 1. The predicted octanol–water partition coefficient (Wildman–Crippen LogP) is 3.40. The summed E-state index contributed by atoms with van der Waals surface area (Å²) < 4.78 is 18.3. The van der Waals surface area contributed by atoms with Crippen LogP contribution in [0.25, 0.3) is 0 Å². The highest BCUT2D eigenvalue weighted by Gasteiger charge is 2.34. The van der Waals surface area contributed by atoms with Crippen molar-refractivity contribution in [1.82, 2.24) is 10.2 Å². The van der Waals surface area contributed by atoms with E-state index >= 15 is 0 Å². The lowest BCUT2D eigenvalue weighted by Crippen LogP contribution is -2.48. The van der Waals surface area contributed by atoms with E-state index in [0.29, 0.717) is 38.2 Å².